The molecule has 0 heterocycles. The third-order valence-electron chi connectivity index (χ3n) is 2.66. The van der Waals surface area contributed by atoms with Crippen molar-refractivity contribution >= 4 is 0 Å². The summed E-state index contributed by atoms with van der Waals surface area (Å²) in [5.41, 5.74) is -1.32. The summed E-state index contributed by atoms with van der Waals surface area (Å²) < 4.78 is 75.5. The van der Waals surface area contributed by atoms with Gasteiger partial charge in [0.25, 0.3) is 0 Å². The van der Waals surface area contributed by atoms with Crippen LogP contribution in [0.1, 0.15) is 6.92 Å². The Hall–Kier alpha value is -1.20. The minimum Gasteiger partial charge on any atom is -0.170 e. The van der Waals surface area contributed by atoms with Crippen molar-refractivity contribution in [3.05, 3.63) is 36.0 Å². The van der Waals surface area contributed by atoms with E-state index >= 15 is 0 Å². The molecular formula is C11H10F6. The van der Waals surface area contributed by atoms with Gasteiger partial charge in [-0.15, -0.1) is 0 Å². The van der Waals surface area contributed by atoms with E-state index in [0.29, 0.717) is 6.08 Å². The van der Waals surface area contributed by atoms with Gasteiger partial charge in [-0.1, -0.05) is 25.7 Å². The third kappa shape index (κ3) is 2.92. The summed E-state index contributed by atoms with van der Waals surface area (Å²) in [7, 11) is 0. The van der Waals surface area contributed by atoms with Crippen molar-refractivity contribution in [2.75, 3.05) is 0 Å². The number of rotatable bonds is 1. The van der Waals surface area contributed by atoms with Gasteiger partial charge in [-0.2, -0.15) is 26.3 Å². The first-order valence-electron chi connectivity index (χ1n) is 4.77. The molecule has 96 valence electrons. The van der Waals surface area contributed by atoms with Crippen molar-refractivity contribution in [3.8, 4) is 0 Å². The summed E-state index contributed by atoms with van der Waals surface area (Å²) >= 11 is 0. The molecule has 0 saturated carbocycles. The molecule has 0 spiro atoms. The first-order valence-corrected chi connectivity index (χ1v) is 4.77. The molecule has 1 rings (SSSR count). The number of hydrogen-bond acceptors (Lipinski definition) is 0. The van der Waals surface area contributed by atoms with Crippen LogP contribution in [0.2, 0.25) is 0 Å². The summed E-state index contributed by atoms with van der Waals surface area (Å²) in [6.07, 6.45) is -6.99. The van der Waals surface area contributed by atoms with Crippen LogP contribution in [0.15, 0.2) is 36.0 Å². The van der Waals surface area contributed by atoms with Crippen LogP contribution in [0.3, 0.4) is 0 Å². The first-order chi connectivity index (χ1) is 7.57. The Balaban J connectivity index is 3.23. The Bertz CT molecular complexity index is 368. The first kappa shape index (κ1) is 13.9. The molecule has 0 N–H and O–H groups in total. The maximum atomic E-state index is 12.6. The molecule has 0 aromatic heterocycles. The van der Waals surface area contributed by atoms with Gasteiger partial charge in [0.05, 0.1) is 5.92 Å². The van der Waals surface area contributed by atoms with E-state index < -0.39 is 29.8 Å². The highest BCUT2D eigenvalue weighted by atomic mass is 19.4. The Morgan fingerprint density at radius 1 is 1.18 bits per heavy atom. The summed E-state index contributed by atoms with van der Waals surface area (Å²) in [5, 5.41) is 0. The molecular weight excluding hydrogens is 246 g/mol. The molecule has 1 aliphatic rings. The normalized spacial score (nSPS) is 26.3. The third-order valence-corrected chi connectivity index (χ3v) is 2.66. The van der Waals surface area contributed by atoms with E-state index in [2.05, 4.69) is 6.58 Å². The Morgan fingerprint density at radius 3 is 2.06 bits per heavy atom. The summed E-state index contributed by atoms with van der Waals surface area (Å²) in [4.78, 5) is 0. The molecule has 2 unspecified atom stereocenters. The minimum absolute atomic E-state index is 0.155. The standard InChI is InChI=1S/C11H10F6/c1-3-7-4-8(10(12,13)14)6(2)9(5-7)11(15,16)17/h3-6,8H,1H2,2H3. The van der Waals surface area contributed by atoms with E-state index in [0.717, 1.165) is 19.1 Å². The number of allylic oxidation sites excluding steroid dienone is 5. The van der Waals surface area contributed by atoms with Crippen molar-refractivity contribution in [2.45, 2.75) is 19.3 Å². The lowest BCUT2D eigenvalue weighted by Crippen LogP contribution is -2.34. The number of halogens is 6. The fourth-order valence-electron chi connectivity index (χ4n) is 1.75. The fraction of sp³-hybridized carbons (Fsp3) is 0.455. The van der Waals surface area contributed by atoms with Gasteiger partial charge in [0.2, 0.25) is 0 Å². The van der Waals surface area contributed by atoms with E-state index in [1.54, 1.807) is 0 Å². The van der Waals surface area contributed by atoms with Gasteiger partial charge in [-0.05, 0) is 11.6 Å². The van der Waals surface area contributed by atoms with Gasteiger partial charge in [0.15, 0.2) is 0 Å². The molecule has 0 bridgehead atoms. The number of alkyl halides is 6. The predicted octanol–water partition coefficient (Wildman–Crippen LogP) is 4.42. The molecule has 0 radical (unpaired) electrons. The minimum atomic E-state index is -4.76. The molecule has 0 amide bonds. The van der Waals surface area contributed by atoms with E-state index in [1.165, 1.54) is 0 Å². The van der Waals surface area contributed by atoms with Gasteiger partial charge in [-0.3, -0.25) is 0 Å². The monoisotopic (exact) mass is 256 g/mol. The zero-order valence-electron chi connectivity index (χ0n) is 8.86. The molecule has 2 atom stereocenters. The van der Waals surface area contributed by atoms with Crippen molar-refractivity contribution in [1.29, 1.82) is 0 Å². The molecule has 0 nitrogen and oxygen atoms in total. The second-order valence-electron chi connectivity index (χ2n) is 3.82. The van der Waals surface area contributed by atoms with Crippen LogP contribution >= 0.6 is 0 Å². The van der Waals surface area contributed by atoms with Crippen LogP contribution in [0.25, 0.3) is 0 Å². The average molecular weight is 256 g/mol. The largest absolute Gasteiger partial charge is 0.412 e. The van der Waals surface area contributed by atoms with E-state index in [4.69, 9.17) is 0 Å². The SMILES string of the molecule is C=CC1=CC(C(F)(F)F)C(C)C(C(F)(F)F)=C1. The van der Waals surface area contributed by atoms with Crippen LogP contribution < -0.4 is 0 Å². The molecule has 0 aromatic rings. The van der Waals surface area contributed by atoms with Gasteiger partial charge in [-0.25, -0.2) is 0 Å². The molecule has 1 aliphatic carbocycles. The zero-order chi connectivity index (χ0) is 13.4. The molecule has 0 fully saturated rings. The lowest BCUT2D eigenvalue weighted by atomic mass is 9.80. The number of hydrogen-bond donors (Lipinski definition) is 0. The van der Waals surface area contributed by atoms with Gasteiger partial charge in [0.1, 0.15) is 0 Å². The molecule has 6 heteroatoms. The second-order valence-corrected chi connectivity index (χ2v) is 3.82. The Morgan fingerprint density at radius 2 is 1.71 bits per heavy atom. The van der Waals surface area contributed by atoms with Gasteiger partial charge in [0, 0.05) is 11.5 Å². The highest BCUT2D eigenvalue weighted by Crippen LogP contribution is 2.45. The molecule has 0 saturated heterocycles. The quantitative estimate of drug-likeness (QED) is 0.609. The maximum absolute atomic E-state index is 12.6. The van der Waals surface area contributed by atoms with Crippen molar-refractivity contribution < 1.29 is 26.3 Å². The smallest absolute Gasteiger partial charge is 0.170 e. The van der Waals surface area contributed by atoms with Crippen molar-refractivity contribution in [3.63, 3.8) is 0 Å². The molecule has 0 aromatic carbocycles. The van der Waals surface area contributed by atoms with E-state index in [1.807, 2.05) is 0 Å². The summed E-state index contributed by atoms with van der Waals surface area (Å²) in [5.74, 6) is -3.77. The average Bonchev–Trinajstić information content (AvgIpc) is 2.14. The second kappa shape index (κ2) is 4.23. The lowest BCUT2D eigenvalue weighted by molar-refractivity contribution is -0.177. The van der Waals surface area contributed by atoms with Crippen molar-refractivity contribution in [1.82, 2.24) is 0 Å². The highest BCUT2D eigenvalue weighted by Gasteiger charge is 2.49. The lowest BCUT2D eigenvalue weighted by Gasteiger charge is -2.30. The molecule has 17 heavy (non-hydrogen) atoms. The van der Waals surface area contributed by atoms with Gasteiger partial charge < -0.3 is 0 Å². The fourth-order valence-corrected chi connectivity index (χ4v) is 1.75. The van der Waals surface area contributed by atoms with Crippen LogP contribution in [-0.4, -0.2) is 12.4 Å². The highest BCUT2D eigenvalue weighted by molar-refractivity contribution is 5.40. The van der Waals surface area contributed by atoms with Gasteiger partial charge >= 0.3 is 12.4 Å². The van der Waals surface area contributed by atoms with Crippen LogP contribution in [0.4, 0.5) is 26.3 Å². The summed E-state index contributed by atoms with van der Waals surface area (Å²) in [6.45, 7) is 4.12. The topological polar surface area (TPSA) is 0 Å². The Labute approximate surface area is 94.3 Å². The predicted molar refractivity (Wildman–Crippen MR) is 51.1 cm³/mol. The molecule has 0 aliphatic heterocycles. The zero-order valence-corrected chi connectivity index (χ0v) is 8.86. The van der Waals surface area contributed by atoms with Crippen LogP contribution in [0.5, 0.6) is 0 Å². The maximum Gasteiger partial charge on any atom is 0.412 e. The van der Waals surface area contributed by atoms with Crippen LogP contribution in [-0.2, 0) is 0 Å². The van der Waals surface area contributed by atoms with Crippen molar-refractivity contribution in [2.24, 2.45) is 11.8 Å². The van der Waals surface area contributed by atoms with E-state index in [9.17, 15) is 26.3 Å². The Kier molecular flexibility index (Phi) is 3.45. The summed E-state index contributed by atoms with van der Waals surface area (Å²) in [6, 6.07) is 0. The van der Waals surface area contributed by atoms with E-state index in [-0.39, 0.29) is 5.57 Å². The van der Waals surface area contributed by atoms with Crippen LogP contribution in [0, 0.1) is 11.8 Å².